The molecule has 0 radical (unpaired) electrons. The molecule has 28 heavy (non-hydrogen) atoms. The van der Waals surface area contributed by atoms with Crippen LogP contribution in [0.3, 0.4) is 0 Å². The average Bonchev–Trinajstić information content (AvgIpc) is 2.97. The zero-order valence-corrected chi connectivity index (χ0v) is 19.2. The molecule has 2 N–H and O–H groups in total. The summed E-state index contributed by atoms with van der Waals surface area (Å²) in [6, 6.07) is 8.51. The molecule has 1 heterocycles. The number of methoxy groups -OCH3 is 1. The highest BCUT2D eigenvalue weighted by Crippen LogP contribution is 2.21. The van der Waals surface area contributed by atoms with Crippen molar-refractivity contribution in [1.82, 2.24) is 4.90 Å². The first kappa shape index (κ1) is 22.9. The Morgan fingerprint density at radius 2 is 2.00 bits per heavy atom. The van der Waals surface area contributed by atoms with E-state index < -0.39 is 9.84 Å². The fraction of sp³-hybridized carbons (Fsp3) is 0.650. The number of thiocarbonyl (C=S) groups is 1. The van der Waals surface area contributed by atoms with Crippen molar-refractivity contribution in [3.8, 4) is 5.75 Å². The predicted octanol–water partition coefficient (Wildman–Crippen LogP) is 1.58. The lowest BCUT2D eigenvalue weighted by atomic mass is 10.2. The average molecular weight is 429 g/mol. The number of nitrogens with zero attached hydrogens (tertiary/aromatic N) is 1. The summed E-state index contributed by atoms with van der Waals surface area (Å²) in [7, 11) is -1.36. The Kier molecular flexibility index (Phi) is 8.09. The molecule has 1 saturated heterocycles. The first-order chi connectivity index (χ1) is 13.1. The van der Waals surface area contributed by atoms with E-state index in [1.807, 2.05) is 24.3 Å². The van der Waals surface area contributed by atoms with Crippen LogP contribution in [0, 0.1) is 0 Å². The van der Waals surface area contributed by atoms with Gasteiger partial charge in [0.2, 0.25) is 0 Å². The number of benzene rings is 1. The lowest BCUT2D eigenvalue weighted by molar-refractivity contribution is -0.941. The molecule has 0 aliphatic carbocycles. The summed E-state index contributed by atoms with van der Waals surface area (Å²) in [5.41, 5.74) is 0.840. The maximum atomic E-state index is 12.1. The van der Waals surface area contributed by atoms with Crippen LogP contribution in [0.5, 0.6) is 5.75 Å². The summed E-state index contributed by atoms with van der Waals surface area (Å²) in [5.74, 6) is 1.16. The van der Waals surface area contributed by atoms with E-state index in [0.717, 1.165) is 24.5 Å². The second kappa shape index (κ2) is 9.89. The number of anilines is 1. The summed E-state index contributed by atoms with van der Waals surface area (Å²) < 4.78 is 29.4. The first-order valence-electron chi connectivity index (χ1n) is 9.90. The fourth-order valence-corrected chi connectivity index (χ4v) is 5.95. The number of hydrogen-bond acceptors (Lipinski definition) is 4. The molecule has 1 atom stereocenters. The molecule has 0 spiro atoms. The molecule has 0 aromatic heterocycles. The monoisotopic (exact) mass is 428 g/mol. The highest BCUT2D eigenvalue weighted by atomic mass is 32.2. The maximum absolute atomic E-state index is 12.1. The minimum absolute atomic E-state index is 0.0730. The van der Waals surface area contributed by atoms with Gasteiger partial charge in [-0.2, -0.15) is 0 Å². The molecule has 0 amide bonds. The van der Waals surface area contributed by atoms with Gasteiger partial charge >= 0.3 is 0 Å². The Morgan fingerprint density at radius 3 is 2.54 bits per heavy atom. The second-order valence-electron chi connectivity index (χ2n) is 8.05. The molecule has 1 aromatic carbocycles. The second-order valence-corrected chi connectivity index (χ2v) is 10.7. The molecule has 158 valence electrons. The van der Waals surface area contributed by atoms with Crippen molar-refractivity contribution < 1.29 is 18.1 Å². The Bertz CT molecular complexity index is 758. The van der Waals surface area contributed by atoms with Crippen LogP contribution in [0.4, 0.5) is 5.69 Å². The van der Waals surface area contributed by atoms with Crippen LogP contribution in [0.1, 0.15) is 34.1 Å². The zero-order valence-electron chi connectivity index (χ0n) is 17.6. The van der Waals surface area contributed by atoms with Gasteiger partial charge in [-0.25, -0.2) is 8.42 Å². The molecule has 0 saturated carbocycles. The standard InChI is InChI=1S/C20H33N3O3S2/c1-15(2)22(16(3)4)10-11-23(18-9-12-28(24,25)14-18)20(27)21-17-7-6-8-19(13-17)26-5/h6-8,13,15-16,18H,9-12,14H2,1-5H3,(H,21,27)/p+1/t18-/m0/s1. The first-order valence-corrected chi connectivity index (χ1v) is 12.1. The van der Waals surface area contributed by atoms with Gasteiger partial charge in [0.1, 0.15) is 5.75 Å². The Hall–Kier alpha value is -1.38. The molecule has 6 nitrogen and oxygen atoms in total. The van der Waals surface area contributed by atoms with Crippen molar-refractivity contribution >= 4 is 32.9 Å². The van der Waals surface area contributed by atoms with Crippen molar-refractivity contribution in [1.29, 1.82) is 0 Å². The molecule has 1 aliphatic heterocycles. The molecular weight excluding hydrogens is 394 g/mol. The summed E-state index contributed by atoms with van der Waals surface area (Å²) in [5, 5.41) is 3.85. The zero-order chi connectivity index (χ0) is 20.9. The molecular formula is C20H34N3O3S2+. The molecule has 1 fully saturated rings. The van der Waals surface area contributed by atoms with E-state index in [-0.39, 0.29) is 17.5 Å². The quantitative estimate of drug-likeness (QED) is 0.613. The van der Waals surface area contributed by atoms with Crippen molar-refractivity contribution in [2.75, 3.05) is 37.0 Å². The highest BCUT2D eigenvalue weighted by molar-refractivity contribution is 7.91. The van der Waals surface area contributed by atoms with Crippen LogP contribution in [-0.2, 0) is 9.84 Å². The van der Waals surface area contributed by atoms with Gasteiger partial charge in [0.05, 0.1) is 43.8 Å². The van der Waals surface area contributed by atoms with Gasteiger partial charge in [-0.1, -0.05) is 6.07 Å². The van der Waals surface area contributed by atoms with Crippen molar-refractivity contribution in [3.05, 3.63) is 24.3 Å². The van der Waals surface area contributed by atoms with E-state index >= 15 is 0 Å². The molecule has 1 aromatic rings. The van der Waals surface area contributed by atoms with Crippen LogP contribution in [0.2, 0.25) is 0 Å². The van der Waals surface area contributed by atoms with E-state index in [1.165, 1.54) is 4.90 Å². The number of hydrogen-bond donors (Lipinski definition) is 2. The summed E-state index contributed by atoms with van der Waals surface area (Å²) in [6.07, 6.45) is 0.626. The number of nitrogens with one attached hydrogen (secondary N) is 2. The van der Waals surface area contributed by atoms with E-state index in [0.29, 0.717) is 23.6 Å². The third kappa shape index (κ3) is 6.32. The van der Waals surface area contributed by atoms with Gasteiger partial charge in [-0.05, 0) is 58.5 Å². The van der Waals surface area contributed by atoms with Crippen molar-refractivity contribution in [2.45, 2.75) is 52.2 Å². The van der Waals surface area contributed by atoms with Gasteiger partial charge < -0.3 is 19.9 Å². The summed E-state index contributed by atoms with van der Waals surface area (Å²) in [6.45, 7) is 10.5. The van der Waals surface area contributed by atoms with Crippen LogP contribution in [-0.4, -0.2) is 68.3 Å². The molecule has 0 unspecified atom stereocenters. The summed E-state index contributed by atoms with van der Waals surface area (Å²) in [4.78, 5) is 3.56. The number of quaternary nitrogens is 1. The van der Waals surface area contributed by atoms with Gasteiger partial charge in [0.15, 0.2) is 14.9 Å². The lowest BCUT2D eigenvalue weighted by Gasteiger charge is -2.34. The van der Waals surface area contributed by atoms with E-state index in [1.54, 1.807) is 7.11 Å². The predicted molar refractivity (Wildman–Crippen MR) is 119 cm³/mol. The van der Waals surface area contributed by atoms with Gasteiger partial charge in [-0.3, -0.25) is 0 Å². The Labute approximate surface area is 175 Å². The Morgan fingerprint density at radius 1 is 1.32 bits per heavy atom. The minimum Gasteiger partial charge on any atom is -0.497 e. The molecule has 1 aliphatic rings. The largest absolute Gasteiger partial charge is 0.497 e. The van der Waals surface area contributed by atoms with E-state index in [4.69, 9.17) is 17.0 Å². The summed E-state index contributed by atoms with van der Waals surface area (Å²) >= 11 is 5.70. The van der Waals surface area contributed by atoms with Crippen LogP contribution in [0.25, 0.3) is 0 Å². The van der Waals surface area contributed by atoms with Gasteiger partial charge in [0, 0.05) is 17.8 Å². The third-order valence-electron chi connectivity index (χ3n) is 5.36. The van der Waals surface area contributed by atoms with Crippen molar-refractivity contribution in [3.63, 3.8) is 0 Å². The van der Waals surface area contributed by atoms with Crippen LogP contribution < -0.4 is 15.0 Å². The van der Waals surface area contributed by atoms with Crippen LogP contribution >= 0.6 is 12.2 Å². The minimum atomic E-state index is -2.98. The number of ether oxygens (including phenoxy) is 1. The third-order valence-corrected chi connectivity index (χ3v) is 7.44. The highest BCUT2D eigenvalue weighted by Gasteiger charge is 2.34. The molecule has 8 heteroatoms. The SMILES string of the molecule is COc1cccc(NC(=S)N(CC[NH+](C(C)C)C(C)C)[C@H]2CCS(=O)(=O)C2)c1. The fourth-order valence-electron chi connectivity index (χ4n) is 3.86. The Balaban J connectivity index is 2.16. The smallest absolute Gasteiger partial charge is 0.173 e. The van der Waals surface area contributed by atoms with E-state index in [9.17, 15) is 8.42 Å². The number of sulfone groups is 1. The maximum Gasteiger partial charge on any atom is 0.173 e. The normalized spacial score (nSPS) is 18.6. The van der Waals surface area contributed by atoms with Gasteiger partial charge in [0.25, 0.3) is 0 Å². The van der Waals surface area contributed by atoms with Crippen molar-refractivity contribution in [2.24, 2.45) is 0 Å². The lowest BCUT2D eigenvalue weighted by Crippen LogP contribution is -3.18. The topological polar surface area (TPSA) is 63.1 Å². The number of rotatable bonds is 8. The molecule has 0 bridgehead atoms. The van der Waals surface area contributed by atoms with Crippen LogP contribution in [0.15, 0.2) is 24.3 Å². The molecule has 2 rings (SSSR count). The van der Waals surface area contributed by atoms with E-state index in [2.05, 4.69) is 37.9 Å². The van der Waals surface area contributed by atoms with Gasteiger partial charge in [-0.15, -0.1) is 0 Å².